The van der Waals surface area contributed by atoms with Crippen LogP contribution in [0.4, 0.5) is 20.7 Å². The van der Waals surface area contributed by atoms with Crippen molar-refractivity contribution in [3.8, 4) is 0 Å². The van der Waals surface area contributed by atoms with Crippen molar-refractivity contribution in [3.63, 3.8) is 0 Å². The Hall–Kier alpha value is -2.15. The van der Waals surface area contributed by atoms with E-state index in [2.05, 4.69) is 32.7 Å². The van der Waals surface area contributed by atoms with Gasteiger partial charge >= 0.3 is 6.03 Å². The molecule has 2 N–H and O–H groups in total. The molecule has 0 bridgehead atoms. The van der Waals surface area contributed by atoms with Crippen LogP contribution in [0.5, 0.6) is 0 Å². The molecule has 128 valence electrons. The number of aromatic nitrogens is 2. The first-order valence-electron chi connectivity index (χ1n) is 8.25. The van der Waals surface area contributed by atoms with Crippen LogP contribution in [0, 0.1) is 19.8 Å². The number of piperidine rings is 1. The molecule has 1 atom stereocenters. The smallest absolute Gasteiger partial charge is 0.325 e. The van der Waals surface area contributed by atoms with Gasteiger partial charge in [-0.3, -0.25) is 5.32 Å². The first kappa shape index (κ1) is 16.7. The number of carbonyl (C=O) groups is 1. The number of nitrogens with zero attached hydrogens (tertiary/aromatic N) is 3. The van der Waals surface area contributed by atoms with Gasteiger partial charge in [0.25, 0.3) is 0 Å². The third kappa shape index (κ3) is 4.03. The summed E-state index contributed by atoms with van der Waals surface area (Å²) >= 11 is 1.42. The summed E-state index contributed by atoms with van der Waals surface area (Å²) in [5.74, 6) is 0.673. The number of amides is 2. The Labute approximate surface area is 146 Å². The summed E-state index contributed by atoms with van der Waals surface area (Å²) in [4.78, 5) is 14.4. The maximum absolute atomic E-state index is 12.2. The Morgan fingerprint density at radius 3 is 2.92 bits per heavy atom. The average Bonchev–Trinajstić information content (AvgIpc) is 2.99. The molecule has 1 aliphatic heterocycles. The van der Waals surface area contributed by atoms with Crippen LogP contribution in [-0.4, -0.2) is 29.3 Å². The van der Waals surface area contributed by atoms with Gasteiger partial charge < -0.3 is 10.2 Å². The van der Waals surface area contributed by atoms with Crippen LogP contribution in [-0.2, 0) is 0 Å². The predicted molar refractivity (Wildman–Crippen MR) is 99.1 cm³/mol. The fourth-order valence-electron chi connectivity index (χ4n) is 2.88. The van der Waals surface area contributed by atoms with Crippen molar-refractivity contribution in [2.24, 2.45) is 5.92 Å². The molecule has 1 fully saturated rings. The van der Waals surface area contributed by atoms with E-state index in [4.69, 9.17) is 0 Å². The zero-order valence-electron chi connectivity index (χ0n) is 14.3. The number of hydrogen-bond donors (Lipinski definition) is 2. The third-order valence-corrected chi connectivity index (χ3v) is 5.10. The summed E-state index contributed by atoms with van der Waals surface area (Å²) in [5.41, 5.74) is 2.94. The minimum absolute atomic E-state index is 0.293. The summed E-state index contributed by atoms with van der Waals surface area (Å²) in [7, 11) is 0. The molecule has 6 nitrogen and oxygen atoms in total. The molecule has 0 radical (unpaired) electrons. The van der Waals surface area contributed by atoms with E-state index in [0.717, 1.165) is 35.0 Å². The van der Waals surface area contributed by atoms with Crippen LogP contribution in [0.1, 0.15) is 30.9 Å². The molecule has 0 saturated carbocycles. The van der Waals surface area contributed by atoms with Gasteiger partial charge in [0.05, 0.1) is 0 Å². The maximum Gasteiger partial charge on any atom is 0.325 e. The lowest BCUT2D eigenvalue weighted by Crippen LogP contribution is -2.34. The highest BCUT2D eigenvalue weighted by Gasteiger charge is 2.20. The number of urea groups is 1. The molecule has 1 aromatic heterocycles. The second-order valence-corrected chi connectivity index (χ2v) is 7.44. The second-order valence-electron chi connectivity index (χ2n) is 6.48. The first-order chi connectivity index (χ1) is 11.5. The molecule has 7 heteroatoms. The van der Waals surface area contributed by atoms with Gasteiger partial charge in [-0.15, -0.1) is 10.2 Å². The minimum atomic E-state index is -0.293. The van der Waals surface area contributed by atoms with Gasteiger partial charge in [-0.25, -0.2) is 4.79 Å². The van der Waals surface area contributed by atoms with Gasteiger partial charge in [-0.2, -0.15) is 0 Å². The zero-order valence-corrected chi connectivity index (χ0v) is 15.1. The Morgan fingerprint density at radius 2 is 2.12 bits per heavy atom. The number of anilines is 3. The molecular formula is C17H23N5OS. The quantitative estimate of drug-likeness (QED) is 0.881. The largest absolute Gasteiger partial charge is 0.346 e. The average molecular weight is 345 g/mol. The minimum Gasteiger partial charge on any atom is -0.346 e. The van der Waals surface area contributed by atoms with Crippen molar-refractivity contribution in [1.82, 2.24) is 10.2 Å². The van der Waals surface area contributed by atoms with Crippen molar-refractivity contribution in [1.29, 1.82) is 0 Å². The lowest BCUT2D eigenvalue weighted by molar-refractivity contribution is 0.262. The van der Waals surface area contributed by atoms with Crippen LogP contribution in [0.25, 0.3) is 0 Å². The molecule has 0 aliphatic carbocycles. The lowest BCUT2D eigenvalue weighted by Gasteiger charge is -2.29. The topological polar surface area (TPSA) is 70.1 Å². The van der Waals surface area contributed by atoms with Crippen LogP contribution >= 0.6 is 11.3 Å². The van der Waals surface area contributed by atoms with Crippen molar-refractivity contribution >= 4 is 33.3 Å². The van der Waals surface area contributed by atoms with Gasteiger partial charge in [0, 0.05) is 18.8 Å². The first-order valence-corrected chi connectivity index (χ1v) is 9.06. The zero-order chi connectivity index (χ0) is 17.1. The van der Waals surface area contributed by atoms with Crippen molar-refractivity contribution in [3.05, 3.63) is 29.3 Å². The summed E-state index contributed by atoms with van der Waals surface area (Å²) in [6.07, 6.45) is 2.44. The van der Waals surface area contributed by atoms with Gasteiger partial charge in [0.1, 0.15) is 0 Å². The highest BCUT2D eigenvalue weighted by molar-refractivity contribution is 7.19. The Balaban J connectivity index is 1.62. The summed E-state index contributed by atoms with van der Waals surface area (Å²) in [6.45, 7) is 8.23. The van der Waals surface area contributed by atoms with Gasteiger partial charge in [0.15, 0.2) is 0 Å². The molecule has 2 heterocycles. The van der Waals surface area contributed by atoms with E-state index in [1.54, 1.807) is 0 Å². The van der Waals surface area contributed by atoms with E-state index in [-0.39, 0.29) is 6.03 Å². The van der Waals surface area contributed by atoms with E-state index in [0.29, 0.717) is 11.0 Å². The molecule has 1 saturated heterocycles. The highest BCUT2D eigenvalue weighted by atomic mass is 32.1. The molecule has 0 spiro atoms. The molecule has 1 aliphatic rings. The second kappa shape index (κ2) is 7.17. The highest BCUT2D eigenvalue weighted by Crippen LogP contribution is 2.28. The van der Waals surface area contributed by atoms with E-state index < -0.39 is 0 Å². The number of rotatable bonds is 3. The third-order valence-electron chi connectivity index (χ3n) is 4.20. The number of benzene rings is 1. The number of aryl methyl sites for hydroxylation is 2. The van der Waals surface area contributed by atoms with Crippen LogP contribution in [0.2, 0.25) is 0 Å². The Kier molecular flexibility index (Phi) is 4.99. The summed E-state index contributed by atoms with van der Waals surface area (Å²) in [6, 6.07) is 5.68. The normalized spacial score (nSPS) is 17.6. The Bertz CT molecular complexity index is 730. The molecule has 2 amide bonds. The molecule has 1 unspecified atom stereocenters. The monoisotopic (exact) mass is 345 g/mol. The summed E-state index contributed by atoms with van der Waals surface area (Å²) in [5, 5.41) is 15.4. The SMILES string of the molecule is Cc1ccc(C)c(NC(=O)Nc2nnc(N3CCCC(C)C3)s2)c1. The maximum atomic E-state index is 12.2. The van der Waals surface area contributed by atoms with Gasteiger partial charge in [0.2, 0.25) is 10.3 Å². The van der Waals surface area contributed by atoms with E-state index in [1.807, 2.05) is 32.0 Å². The number of nitrogens with one attached hydrogen (secondary N) is 2. The molecule has 2 aromatic rings. The molecule has 1 aromatic carbocycles. The van der Waals surface area contributed by atoms with Crippen molar-refractivity contribution in [2.45, 2.75) is 33.6 Å². The lowest BCUT2D eigenvalue weighted by atomic mass is 10.0. The van der Waals surface area contributed by atoms with Crippen LogP contribution in [0.3, 0.4) is 0 Å². The van der Waals surface area contributed by atoms with Crippen LogP contribution in [0.15, 0.2) is 18.2 Å². The van der Waals surface area contributed by atoms with E-state index in [1.165, 1.54) is 24.2 Å². The van der Waals surface area contributed by atoms with Crippen molar-refractivity contribution < 1.29 is 4.79 Å². The van der Waals surface area contributed by atoms with E-state index in [9.17, 15) is 4.79 Å². The Morgan fingerprint density at radius 1 is 1.29 bits per heavy atom. The standard InChI is InChI=1S/C17H23N5OS/c1-11-6-7-13(3)14(9-11)18-15(23)19-16-20-21-17(24-16)22-8-4-5-12(2)10-22/h6-7,9,12H,4-5,8,10H2,1-3H3,(H2,18,19,20,23). The van der Waals surface area contributed by atoms with Crippen LogP contribution < -0.4 is 15.5 Å². The fourth-order valence-corrected chi connectivity index (χ4v) is 3.65. The molecule has 3 rings (SSSR count). The van der Waals surface area contributed by atoms with E-state index >= 15 is 0 Å². The number of hydrogen-bond acceptors (Lipinski definition) is 5. The predicted octanol–water partition coefficient (Wildman–Crippen LogP) is 4.04. The van der Waals surface area contributed by atoms with Crippen molar-refractivity contribution in [2.75, 3.05) is 28.6 Å². The summed E-state index contributed by atoms with van der Waals surface area (Å²) < 4.78 is 0. The van der Waals surface area contributed by atoms with Gasteiger partial charge in [-0.05, 0) is 49.8 Å². The number of carbonyl (C=O) groups excluding carboxylic acids is 1. The molecule has 24 heavy (non-hydrogen) atoms. The van der Waals surface area contributed by atoms with Gasteiger partial charge in [-0.1, -0.05) is 30.4 Å². The fraction of sp³-hybridized carbons (Fsp3) is 0.471. The molecular weight excluding hydrogens is 322 g/mol.